The molecule has 0 radical (unpaired) electrons. The molecule has 1 aliphatic heterocycles. The van der Waals surface area contributed by atoms with Gasteiger partial charge in [0.2, 0.25) is 0 Å². The normalized spacial score (nSPS) is 18.6. The van der Waals surface area contributed by atoms with Crippen LogP contribution in [0.5, 0.6) is 5.75 Å². The molecule has 0 spiro atoms. The van der Waals surface area contributed by atoms with Gasteiger partial charge in [-0.25, -0.2) is 4.98 Å². The van der Waals surface area contributed by atoms with E-state index in [1.807, 2.05) is 26.1 Å². The third kappa shape index (κ3) is 6.90. The standard InChI is InChI=1S/C27H33Cl2N5O5S/c1-17-11-34(18(2)15-35)27(36)21-10-20(31-40(37,38)26-14-33(4)16-30-26)6-8-24(21)39-25(17)13-32(3)12-19-5-7-22(28)23(29)9-19/h5-10,14,16-18,25,31,35H,11-13,15H2,1-4H3/t17-,18+,25+/m0/s1. The summed E-state index contributed by atoms with van der Waals surface area (Å²) in [4.78, 5) is 21.3. The van der Waals surface area contributed by atoms with E-state index in [0.29, 0.717) is 35.4 Å². The monoisotopic (exact) mass is 609 g/mol. The summed E-state index contributed by atoms with van der Waals surface area (Å²) in [6.45, 7) is 5.02. The van der Waals surface area contributed by atoms with Gasteiger partial charge in [-0.05, 0) is 49.9 Å². The van der Waals surface area contributed by atoms with Crippen LogP contribution >= 0.6 is 23.2 Å². The van der Waals surface area contributed by atoms with E-state index in [9.17, 15) is 18.3 Å². The number of anilines is 1. The lowest BCUT2D eigenvalue weighted by Crippen LogP contribution is -2.49. The number of fused-ring (bicyclic) bond motifs is 1. The molecule has 3 atom stereocenters. The number of likely N-dealkylation sites (N-methyl/N-ethyl adjacent to an activating group) is 1. The van der Waals surface area contributed by atoms with Crippen molar-refractivity contribution in [3.8, 4) is 5.75 Å². The molecule has 1 amide bonds. The number of carbonyl (C=O) groups excluding carboxylic acids is 1. The predicted octanol–water partition coefficient (Wildman–Crippen LogP) is 3.88. The van der Waals surface area contributed by atoms with Crippen molar-refractivity contribution >= 4 is 44.8 Å². The number of ether oxygens (including phenoxy) is 1. The maximum absolute atomic E-state index is 13.7. The molecule has 3 aromatic rings. The summed E-state index contributed by atoms with van der Waals surface area (Å²) in [5.41, 5.74) is 1.39. The fraction of sp³-hybridized carbons (Fsp3) is 0.407. The first kappa shape index (κ1) is 30.1. The van der Waals surface area contributed by atoms with Crippen LogP contribution < -0.4 is 9.46 Å². The fourth-order valence-electron chi connectivity index (χ4n) is 4.56. The number of sulfonamides is 1. The first-order chi connectivity index (χ1) is 18.9. The number of aliphatic hydroxyl groups excluding tert-OH is 1. The molecular formula is C27H33Cl2N5O5S. The smallest absolute Gasteiger partial charge is 0.280 e. The first-order valence-electron chi connectivity index (χ1n) is 12.7. The van der Waals surface area contributed by atoms with Crippen LogP contribution in [-0.2, 0) is 23.6 Å². The summed E-state index contributed by atoms with van der Waals surface area (Å²) < 4.78 is 36.1. The number of nitrogens with one attached hydrogen (secondary N) is 1. The molecule has 0 fully saturated rings. The molecule has 2 aromatic carbocycles. The Morgan fingerprint density at radius 1 is 1.23 bits per heavy atom. The van der Waals surface area contributed by atoms with Crippen molar-refractivity contribution < 1.29 is 23.1 Å². The van der Waals surface area contributed by atoms with Gasteiger partial charge in [0.1, 0.15) is 11.9 Å². The topological polar surface area (TPSA) is 117 Å². The summed E-state index contributed by atoms with van der Waals surface area (Å²) in [5.74, 6) is -0.102. The number of aryl methyl sites for hydroxylation is 1. The Bertz CT molecular complexity index is 1480. The van der Waals surface area contributed by atoms with Gasteiger partial charge in [0.25, 0.3) is 15.9 Å². The van der Waals surface area contributed by atoms with E-state index in [1.165, 1.54) is 23.2 Å². The Balaban J connectivity index is 1.62. The molecule has 0 saturated carbocycles. The first-order valence-corrected chi connectivity index (χ1v) is 15.0. The van der Waals surface area contributed by atoms with Gasteiger partial charge in [-0.3, -0.25) is 14.4 Å². The number of amides is 1. The molecule has 10 nitrogen and oxygen atoms in total. The summed E-state index contributed by atoms with van der Waals surface area (Å²) in [7, 11) is -0.335. The van der Waals surface area contributed by atoms with Gasteiger partial charge in [-0.15, -0.1) is 0 Å². The van der Waals surface area contributed by atoms with Crippen LogP contribution in [0.25, 0.3) is 0 Å². The Morgan fingerprint density at radius 2 is 1.98 bits per heavy atom. The molecule has 2 N–H and O–H groups in total. The number of halogens is 2. The van der Waals surface area contributed by atoms with Crippen LogP contribution in [0.15, 0.2) is 53.9 Å². The van der Waals surface area contributed by atoms with Gasteiger partial charge in [0.05, 0.1) is 34.6 Å². The third-order valence-corrected chi connectivity index (χ3v) is 8.81. The molecule has 1 aliphatic rings. The highest BCUT2D eigenvalue weighted by Crippen LogP contribution is 2.31. The number of aliphatic hydroxyl groups is 1. The third-order valence-electron chi connectivity index (χ3n) is 6.80. The number of hydrogen-bond acceptors (Lipinski definition) is 7. The van der Waals surface area contributed by atoms with Crippen LogP contribution in [0, 0.1) is 5.92 Å². The minimum atomic E-state index is -3.97. The molecule has 1 aromatic heterocycles. The van der Waals surface area contributed by atoms with E-state index < -0.39 is 16.1 Å². The Labute approximate surface area is 244 Å². The van der Waals surface area contributed by atoms with Gasteiger partial charge in [-0.2, -0.15) is 8.42 Å². The average Bonchev–Trinajstić information content (AvgIpc) is 3.35. The van der Waals surface area contributed by atoms with Gasteiger partial charge >= 0.3 is 0 Å². The summed E-state index contributed by atoms with van der Waals surface area (Å²) in [6.07, 6.45) is 2.46. The number of imidazole rings is 1. The van der Waals surface area contributed by atoms with Crippen molar-refractivity contribution in [2.45, 2.75) is 37.6 Å². The Hall–Kier alpha value is -2.83. The van der Waals surface area contributed by atoms with Gasteiger partial charge in [0.15, 0.2) is 5.03 Å². The van der Waals surface area contributed by atoms with Crippen molar-refractivity contribution in [3.63, 3.8) is 0 Å². The molecule has 4 rings (SSSR count). The van der Waals surface area contributed by atoms with E-state index in [-0.39, 0.29) is 40.8 Å². The van der Waals surface area contributed by atoms with E-state index in [4.69, 9.17) is 27.9 Å². The van der Waals surface area contributed by atoms with Gasteiger partial charge in [0, 0.05) is 44.5 Å². The van der Waals surface area contributed by atoms with E-state index in [2.05, 4.69) is 14.6 Å². The van der Waals surface area contributed by atoms with Gasteiger partial charge < -0.3 is 19.3 Å². The van der Waals surface area contributed by atoms with Crippen LogP contribution in [0.2, 0.25) is 10.0 Å². The second-order valence-corrected chi connectivity index (χ2v) is 12.7. The number of hydrogen-bond donors (Lipinski definition) is 2. The largest absolute Gasteiger partial charge is 0.488 e. The number of carbonyl (C=O) groups is 1. The predicted molar refractivity (Wildman–Crippen MR) is 154 cm³/mol. The van der Waals surface area contributed by atoms with Crippen molar-refractivity contribution in [2.24, 2.45) is 13.0 Å². The lowest BCUT2D eigenvalue weighted by Gasteiger charge is -2.38. The number of nitrogens with zero attached hydrogens (tertiary/aromatic N) is 4. The lowest BCUT2D eigenvalue weighted by molar-refractivity contribution is 0.0341. The maximum atomic E-state index is 13.7. The van der Waals surface area contributed by atoms with Crippen molar-refractivity contribution in [2.75, 3.05) is 31.5 Å². The van der Waals surface area contributed by atoms with E-state index in [0.717, 1.165) is 5.56 Å². The van der Waals surface area contributed by atoms with Crippen molar-refractivity contribution in [3.05, 3.63) is 70.1 Å². The summed E-state index contributed by atoms with van der Waals surface area (Å²) in [6, 6.07) is 9.66. The summed E-state index contributed by atoms with van der Waals surface area (Å²) >= 11 is 12.2. The van der Waals surface area contributed by atoms with E-state index in [1.54, 1.807) is 37.1 Å². The molecule has 40 heavy (non-hydrogen) atoms. The zero-order chi connectivity index (χ0) is 29.2. The van der Waals surface area contributed by atoms with E-state index >= 15 is 0 Å². The van der Waals surface area contributed by atoms with Crippen LogP contribution in [0.1, 0.15) is 29.8 Å². The number of aromatic nitrogens is 2. The highest BCUT2D eigenvalue weighted by Gasteiger charge is 2.34. The Morgan fingerprint density at radius 3 is 2.62 bits per heavy atom. The molecular weight excluding hydrogens is 577 g/mol. The maximum Gasteiger partial charge on any atom is 0.280 e. The zero-order valence-electron chi connectivity index (χ0n) is 22.7. The molecule has 0 bridgehead atoms. The molecule has 0 aliphatic carbocycles. The SMILES string of the molecule is C[C@H](CO)N1C[C@H](C)[C@@H](CN(C)Cc2ccc(Cl)c(Cl)c2)Oc2ccc(NS(=O)(=O)c3cn(C)cn3)cc2C1=O. The number of rotatable bonds is 9. The quantitative estimate of drug-likeness (QED) is 0.378. The molecule has 0 unspecified atom stereocenters. The molecule has 0 saturated heterocycles. The lowest BCUT2D eigenvalue weighted by atomic mass is 9.99. The van der Waals surface area contributed by atoms with Crippen LogP contribution in [-0.4, -0.2) is 77.7 Å². The minimum absolute atomic E-state index is 0.0790. The average molecular weight is 611 g/mol. The highest BCUT2D eigenvalue weighted by molar-refractivity contribution is 7.92. The highest BCUT2D eigenvalue weighted by atomic mass is 35.5. The van der Waals surface area contributed by atoms with Crippen LogP contribution in [0.3, 0.4) is 0 Å². The van der Waals surface area contributed by atoms with Crippen molar-refractivity contribution in [1.29, 1.82) is 0 Å². The number of benzene rings is 2. The zero-order valence-corrected chi connectivity index (χ0v) is 25.0. The second-order valence-electron chi connectivity index (χ2n) is 10.3. The second kappa shape index (κ2) is 12.4. The van der Waals surface area contributed by atoms with Gasteiger partial charge in [-0.1, -0.05) is 36.2 Å². The molecule has 13 heteroatoms. The fourth-order valence-corrected chi connectivity index (χ4v) is 5.91. The summed E-state index contributed by atoms with van der Waals surface area (Å²) in [5, 5.41) is 10.7. The minimum Gasteiger partial charge on any atom is -0.488 e. The van der Waals surface area contributed by atoms with Crippen LogP contribution in [0.4, 0.5) is 5.69 Å². The molecule has 2 heterocycles. The molecule has 216 valence electrons. The van der Waals surface area contributed by atoms with Crippen molar-refractivity contribution in [1.82, 2.24) is 19.4 Å². The Kier molecular flexibility index (Phi) is 9.31.